The number of carbonyl (C=O) groups is 1. The van der Waals surface area contributed by atoms with Gasteiger partial charge in [-0.1, -0.05) is 29.8 Å². The van der Waals surface area contributed by atoms with E-state index >= 15 is 0 Å². The summed E-state index contributed by atoms with van der Waals surface area (Å²) < 4.78 is 38.3. The maximum atomic E-state index is 13.1. The van der Waals surface area contributed by atoms with Crippen LogP contribution in [0.5, 0.6) is 0 Å². The number of hydrogen-bond acceptors (Lipinski definition) is 3. The average molecular weight is 351 g/mol. The van der Waals surface area contributed by atoms with Gasteiger partial charge in [0.05, 0.1) is 11.9 Å². The second-order valence-electron chi connectivity index (χ2n) is 5.58. The summed E-state index contributed by atoms with van der Waals surface area (Å²) >= 11 is 0. The normalized spacial score (nSPS) is 12.6. The van der Waals surface area contributed by atoms with Crippen LogP contribution in [0.4, 0.5) is 10.1 Å². The van der Waals surface area contributed by atoms with Gasteiger partial charge in [0, 0.05) is 6.42 Å². The van der Waals surface area contributed by atoms with E-state index in [0.29, 0.717) is 5.56 Å². The Morgan fingerprint density at radius 1 is 1.12 bits per heavy atom. The third-order valence-corrected chi connectivity index (χ3v) is 4.74. The molecule has 0 bridgehead atoms. The van der Waals surface area contributed by atoms with E-state index < -0.39 is 27.9 Å². The highest BCUT2D eigenvalue weighted by Crippen LogP contribution is 2.23. The summed E-state index contributed by atoms with van der Waals surface area (Å²) in [5, 5.41) is 9.56. The van der Waals surface area contributed by atoms with Gasteiger partial charge in [0.1, 0.15) is 11.9 Å². The van der Waals surface area contributed by atoms with Crippen molar-refractivity contribution in [1.82, 2.24) is 0 Å². The van der Waals surface area contributed by atoms with Crippen LogP contribution >= 0.6 is 0 Å². The van der Waals surface area contributed by atoms with Gasteiger partial charge in [-0.05, 0) is 36.8 Å². The number of halogens is 1. The van der Waals surface area contributed by atoms with E-state index in [0.717, 1.165) is 28.3 Å². The van der Waals surface area contributed by atoms with Gasteiger partial charge in [-0.3, -0.25) is 4.31 Å². The maximum absolute atomic E-state index is 13.1. The minimum atomic E-state index is -3.87. The molecular weight excluding hydrogens is 333 g/mol. The van der Waals surface area contributed by atoms with Gasteiger partial charge in [0.25, 0.3) is 0 Å². The summed E-state index contributed by atoms with van der Waals surface area (Å²) in [5.74, 6) is -1.80. The van der Waals surface area contributed by atoms with Crippen LogP contribution in [0, 0.1) is 12.7 Å². The molecule has 0 radical (unpaired) electrons. The van der Waals surface area contributed by atoms with Crippen molar-refractivity contribution >= 4 is 21.7 Å². The number of benzene rings is 2. The number of hydrogen-bond donors (Lipinski definition) is 1. The summed E-state index contributed by atoms with van der Waals surface area (Å²) in [5.41, 5.74) is 1.83. The molecule has 1 N–H and O–H groups in total. The monoisotopic (exact) mass is 351 g/mol. The molecule has 0 unspecified atom stereocenters. The molecule has 0 amide bonds. The molecule has 128 valence electrons. The molecule has 0 aromatic heterocycles. The second kappa shape index (κ2) is 7.00. The first-order chi connectivity index (χ1) is 11.2. The van der Waals surface area contributed by atoms with Crippen molar-refractivity contribution in [3.63, 3.8) is 0 Å². The molecule has 24 heavy (non-hydrogen) atoms. The molecule has 0 aliphatic carbocycles. The zero-order chi connectivity index (χ0) is 17.9. The van der Waals surface area contributed by atoms with E-state index in [1.807, 2.05) is 19.1 Å². The molecule has 0 spiro atoms. The van der Waals surface area contributed by atoms with E-state index in [4.69, 9.17) is 0 Å². The predicted octanol–water partition coefficient (Wildman–Crippen LogP) is 2.60. The Morgan fingerprint density at radius 2 is 1.67 bits per heavy atom. The van der Waals surface area contributed by atoms with E-state index in [9.17, 15) is 22.7 Å². The molecule has 5 nitrogen and oxygen atoms in total. The van der Waals surface area contributed by atoms with Crippen LogP contribution in [0.3, 0.4) is 0 Å². The fourth-order valence-electron chi connectivity index (χ4n) is 2.41. The number of aliphatic carboxylic acids is 1. The summed E-state index contributed by atoms with van der Waals surface area (Å²) in [7, 11) is -3.87. The van der Waals surface area contributed by atoms with Gasteiger partial charge in [-0.25, -0.2) is 17.6 Å². The molecular formula is C17H18FNO4S. The Morgan fingerprint density at radius 3 is 2.12 bits per heavy atom. The summed E-state index contributed by atoms with van der Waals surface area (Å²) in [4.78, 5) is 11.7. The summed E-state index contributed by atoms with van der Waals surface area (Å²) in [6.07, 6.45) is 0.932. The fraction of sp³-hybridized carbons (Fsp3) is 0.235. The van der Waals surface area contributed by atoms with Crippen LogP contribution in [0.15, 0.2) is 48.5 Å². The molecule has 0 saturated heterocycles. The predicted molar refractivity (Wildman–Crippen MR) is 90.0 cm³/mol. The lowest BCUT2D eigenvalue weighted by Gasteiger charge is -2.29. The van der Waals surface area contributed by atoms with E-state index in [2.05, 4.69) is 0 Å². The molecule has 0 aliphatic rings. The van der Waals surface area contributed by atoms with Crippen molar-refractivity contribution in [3.05, 3.63) is 65.5 Å². The van der Waals surface area contributed by atoms with Crippen molar-refractivity contribution in [2.24, 2.45) is 0 Å². The lowest BCUT2D eigenvalue weighted by atomic mass is 10.0. The molecule has 0 aliphatic heterocycles. The Bertz CT molecular complexity index is 817. The smallest absolute Gasteiger partial charge is 0.327 e. The van der Waals surface area contributed by atoms with Gasteiger partial charge in [0.15, 0.2) is 0 Å². The van der Waals surface area contributed by atoms with Gasteiger partial charge < -0.3 is 5.11 Å². The van der Waals surface area contributed by atoms with Crippen molar-refractivity contribution in [2.45, 2.75) is 19.4 Å². The zero-order valence-corrected chi connectivity index (χ0v) is 14.1. The van der Waals surface area contributed by atoms with Crippen molar-refractivity contribution in [2.75, 3.05) is 10.6 Å². The molecule has 0 heterocycles. The number of rotatable bonds is 6. The van der Waals surface area contributed by atoms with Gasteiger partial charge in [-0.2, -0.15) is 0 Å². The quantitative estimate of drug-likeness (QED) is 0.868. The standard InChI is InChI=1S/C17H18FNO4S/c1-12-3-5-13(6-4-12)11-16(17(20)21)19(24(2,22)23)15-9-7-14(18)8-10-15/h3-10,16H,11H2,1-2H3,(H,20,21)/t16-/m1/s1. The largest absolute Gasteiger partial charge is 0.480 e. The maximum Gasteiger partial charge on any atom is 0.327 e. The first-order valence-electron chi connectivity index (χ1n) is 7.22. The van der Waals surface area contributed by atoms with E-state index in [-0.39, 0.29) is 12.1 Å². The third-order valence-electron chi connectivity index (χ3n) is 3.56. The Kier molecular flexibility index (Phi) is 5.23. The zero-order valence-electron chi connectivity index (χ0n) is 13.3. The highest BCUT2D eigenvalue weighted by Gasteiger charge is 2.32. The number of sulfonamides is 1. The number of carboxylic acids is 1. The van der Waals surface area contributed by atoms with Crippen molar-refractivity contribution in [3.8, 4) is 0 Å². The van der Waals surface area contributed by atoms with Crippen molar-refractivity contribution in [1.29, 1.82) is 0 Å². The van der Waals surface area contributed by atoms with Gasteiger partial charge >= 0.3 is 5.97 Å². The highest BCUT2D eigenvalue weighted by atomic mass is 32.2. The molecule has 1 atom stereocenters. The molecule has 2 aromatic rings. The lowest BCUT2D eigenvalue weighted by Crippen LogP contribution is -2.46. The average Bonchev–Trinajstić information content (AvgIpc) is 2.49. The number of carboxylic acid groups (broad SMARTS) is 1. The number of nitrogens with zero attached hydrogens (tertiary/aromatic N) is 1. The minimum absolute atomic E-state index is 0.0000593. The first-order valence-corrected chi connectivity index (χ1v) is 9.06. The van der Waals surface area contributed by atoms with E-state index in [1.54, 1.807) is 12.1 Å². The summed E-state index contributed by atoms with van der Waals surface area (Å²) in [6.45, 7) is 1.90. The Balaban J connectivity index is 2.45. The molecule has 0 saturated carbocycles. The van der Waals surface area contributed by atoms with Crippen LogP contribution in [-0.4, -0.2) is 31.8 Å². The Hall–Kier alpha value is -2.41. The Labute approximate surface area is 140 Å². The highest BCUT2D eigenvalue weighted by molar-refractivity contribution is 7.92. The lowest BCUT2D eigenvalue weighted by molar-refractivity contribution is -0.138. The molecule has 7 heteroatoms. The van der Waals surface area contributed by atoms with E-state index in [1.165, 1.54) is 12.1 Å². The third kappa shape index (κ3) is 4.32. The van der Waals surface area contributed by atoms with Gasteiger partial charge in [0.2, 0.25) is 10.0 Å². The SMILES string of the molecule is Cc1ccc(C[C@H](C(=O)O)N(c2ccc(F)cc2)S(C)(=O)=O)cc1. The second-order valence-corrected chi connectivity index (χ2v) is 7.44. The molecule has 2 rings (SSSR count). The van der Waals surface area contributed by atoms with Crippen LogP contribution in [-0.2, 0) is 21.2 Å². The fourth-order valence-corrected chi connectivity index (χ4v) is 3.54. The van der Waals surface area contributed by atoms with Crippen molar-refractivity contribution < 1.29 is 22.7 Å². The van der Waals surface area contributed by atoms with Crippen LogP contribution < -0.4 is 4.31 Å². The summed E-state index contributed by atoms with van der Waals surface area (Å²) in [6, 6.07) is 10.5. The molecule has 0 fully saturated rings. The number of anilines is 1. The molecule has 2 aromatic carbocycles. The van der Waals surface area contributed by atoms with Crippen LogP contribution in [0.25, 0.3) is 0 Å². The number of aryl methyl sites for hydroxylation is 1. The first kappa shape index (κ1) is 17.9. The minimum Gasteiger partial charge on any atom is -0.480 e. The van der Waals surface area contributed by atoms with Crippen LogP contribution in [0.1, 0.15) is 11.1 Å². The van der Waals surface area contributed by atoms with Crippen LogP contribution in [0.2, 0.25) is 0 Å². The topological polar surface area (TPSA) is 74.7 Å². The van der Waals surface area contributed by atoms with Gasteiger partial charge in [-0.15, -0.1) is 0 Å².